The molecule has 4 saturated carbocycles. The normalized spacial score (nSPS) is 48.4. The molecule has 4 fully saturated rings. The van der Waals surface area contributed by atoms with Gasteiger partial charge in [0.25, 0.3) is 0 Å². The molecule has 0 aromatic heterocycles. The molecule has 8 atom stereocenters. The summed E-state index contributed by atoms with van der Waals surface area (Å²) < 4.78 is 6.54. The second-order valence-electron chi connectivity index (χ2n) is 8.47. The monoisotopic (exact) mass is 320 g/mol. The van der Waals surface area contributed by atoms with Crippen LogP contribution in [0.5, 0.6) is 0 Å². The molecule has 8 unspecified atom stereocenters. The third-order valence-corrected chi connectivity index (χ3v) is 6.87. The number of carbonyl (C=O) groups excluding carboxylic acids is 2. The molecule has 0 saturated heterocycles. The van der Waals surface area contributed by atoms with Crippen LogP contribution >= 0.6 is 0 Å². The molecular weight excluding hydrogens is 292 g/mol. The zero-order chi connectivity index (χ0) is 16.5. The molecule has 0 heterocycles. The first kappa shape index (κ1) is 15.7. The second kappa shape index (κ2) is 5.36. The summed E-state index contributed by atoms with van der Waals surface area (Å²) in [5.74, 6) is 1.84. The summed E-state index contributed by atoms with van der Waals surface area (Å²) in [7, 11) is 8.29. The highest BCUT2D eigenvalue weighted by molar-refractivity contribution is 5.86. The number of rotatable bonds is 4. The molecule has 0 N–H and O–H groups in total. The lowest BCUT2D eigenvalue weighted by Gasteiger charge is -2.31. The maximum Gasteiger partial charge on any atom is 0.138 e. The van der Waals surface area contributed by atoms with E-state index in [2.05, 4.69) is 38.0 Å². The van der Waals surface area contributed by atoms with E-state index in [1.165, 1.54) is 0 Å². The van der Waals surface area contributed by atoms with Crippen LogP contribution in [0.25, 0.3) is 0 Å². The first-order valence-corrected chi connectivity index (χ1v) is 8.92. The van der Waals surface area contributed by atoms with Crippen molar-refractivity contribution in [1.82, 2.24) is 9.80 Å². The zero-order valence-corrected chi connectivity index (χ0v) is 14.6. The van der Waals surface area contributed by atoms with Crippen LogP contribution in [0.2, 0.25) is 0 Å². The van der Waals surface area contributed by atoms with Crippen molar-refractivity contribution in [2.45, 2.75) is 50.0 Å². The van der Waals surface area contributed by atoms with Gasteiger partial charge in [-0.2, -0.15) is 0 Å². The van der Waals surface area contributed by atoms with E-state index in [1.807, 2.05) is 0 Å². The Balaban J connectivity index is 1.47. The highest BCUT2D eigenvalue weighted by Gasteiger charge is 2.58. The van der Waals surface area contributed by atoms with Crippen molar-refractivity contribution in [3.8, 4) is 0 Å². The van der Waals surface area contributed by atoms with Crippen molar-refractivity contribution in [3.05, 3.63) is 0 Å². The van der Waals surface area contributed by atoms with E-state index in [-0.39, 0.29) is 24.0 Å². The fourth-order valence-corrected chi connectivity index (χ4v) is 6.10. The molecule has 4 aliphatic carbocycles. The molecule has 4 aliphatic rings. The number of carbonyl (C=O) groups is 2. The van der Waals surface area contributed by atoms with Gasteiger partial charge in [-0.1, -0.05) is 0 Å². The first-order chi connectivity index (χ1) is 10.9. The zero-order valence-electron chi connectivity index (χ0n) is 14.6. The van der Waals surface area contributed by atoms with Crippen LogP contribution in [0.15, 0.2) is 0 Å². The van der Waals surface area contributed by atoms with Gasteiger partial charge in [-0.15, -0.1) is 0 Å². The highest BCUT2D eigenvalue weighted by atomic mass is 16.5. The molecule has 0 spiro atoms. The minimum Gasteiger partial charge on any atom is -0.374 e. The third kappa shape index (κ3) is 2.24. The largest absolute Gasteiger partial charge is 0.374 e. The minimum absolute atomic E-state index is 0.157. The first-order valence-electron chi connectivity index (χ1n) is 8.92. The van der Waals surface area contributed by atoms with Crippen LogP contribution in [-0.4, -0.2) is 73.8 Å². The van der Waals surface area contributed by atoms with Crippen LogP contribution < -0.4 is 0 Å². The van der Waals surface area contributed by atoms with Crippen molar-refractivity contribution in [2.24, 2.45) is 23.7 Å². The van der Waals surface area contributed by atoms with Gasteiger partial charge in [-0.05, 0) is 41.0 Å². The molecule has 4 bridgehead atoms. The Hall–Kier alpha value is -0.780. The van der Waals surface area contributed by atoms with Gasteiger partial charge in [-0.25, -0.2) is 0 Å². The molecule has 0 aromatic carbocycles. The molecule has 0 amide bonds. The molecule has 0 radical (unpaired) electrons. The maximum absolute atomic E-state index is 12.1. The lowest BCUT2D eigenvalue weighted by Crippen LogP contribution is -2.38. The van der Waals surface area contributed by atoms with E-state index < -0.39 is 0 Å². The van der Waals surface area contributed by atoms with Gasteiger partial charge in [0.2, 0.25) is 0 Å². The Kier molecular flexibility index (Phi) is 3.67. The second-order valence-corrected chi connectivity index (χ2v) is 8.47. The van der Waals surface area contributed by atoms with Gasteiger partial charge in [0, 0.05) is 48.6 Å². The number of ether oxygens (including phenoxy) is 1. The number of fused-ring (bicyclic) bond motifs is 4. The van der Waals surface area contributed by atoms with Crippen molar-refractivity contribution < 1.29 is 14.3 Å². The van der Waals surface area contributed by atoms with Crippen molar-refractivity contribution in [1.29, 1.82) is 0 Å². The van der Waals surface area contributed by atoms with E-state index in [4.69, 9.17) is 4.74 Å². The van der Waals surface area contributed by atoms with Gasteiger partial charge in [-0.3, -0.25) is 9.59 Å². The third-order valence-electron chi connectivity index (χ3n) is 6.87. The Morgan fingerprint density at radius 2 is 1.17 bits per heavy atom. The van der Waals surface area contributed by atoms with Gasteiger partial charge in [0.15, 0.2) is 0 Å². The van der Waals surface area contributed by atoms with E-state index in [1.54, 1.807) is 0 Å². The lowest BCUT2D eigenvalue weighted by molar-refractivity contribution is -0.129. The average molecular weight is 320 g/mol. The summed E-state index contributed by atoms with van der Waals surface area (Å²) in [6.45, 7) is 0. The average Bonchev–Trinajstić information content (AvgIpc) is 3.15. The molecule has 128 valence electrons. The summed E-state index contributed by atoms with van der Waals surface area (Å²) >= 11 is 0. The highest BCUT2D eigenvalue weighted by Crippen LogP contribution is 2.51. The fraction of sp³-hybridized carbons (Fsp3) is 0.889. The molecule has 0 aliphatic heterocycles. The summed E-state index contributed by atoms with van der Waals surface area (Å²) in [4.78, 5) is 28.6. The summed E-state index contributed by atoms with van der Waals surface area (Å²) in [5, 5.41) is 0. The van der Waals surface area contributed by atoms with Crippen LogP contribution in [-0.2, 0) is 14.3 Å². The summed E-state index contributed by atoms with van der Waals surface area (Å²) in [6, 6.07) is 0.690. The molecule has 4 rings (SSSR count). The molecule has 23 heavy (non-hydrogen) atoms. The SMILES string of the molecule is CN(C)C1C2CC(OC3CC4C(=O)CC3C4N(C)C)C1CC2=O. The standard InChI is InChI=1S/C18H28N2O3/c1-19(2)17-9-7-15(11(17)5-13(9)21)23-16-8-10-14(22)6-12(16)18(10)20(3)4/h9-12,15-18H,5-8H2,1-4H3. The number of nitrogens with zero attached hydrogens (tertiary/aromatic N) is 2. The van der Waals surface area contributed by atoms with Crippen LogP contribution in [0.4, 0.5) is 0 Å². The van der Waals surface area contributed by atoms with Gasteiger partial charge in [0.1, 0.15) is 11.6 Å². The van der Waals surface area contributed by atoms with Gasteiger partial charge in [0.05, 0.1) is 12.2 Å². The summed E-state index contributed by atoms with van der Waals surface area (Å²) in [5.41, 5.74) is 0. The van der Waals surface area contributed by atoms with Crippen LogP contribution in [0.3, 0.4) is 0 Å². The Bertz CT molecular complexity index is 486. The van der Waals surface area contributed by atoms with Crippen LogP contribution in [0, 0.1) is 23.7 Å². The Morgan fingerprint density at radius 1 is 0.783 bits per heavy atom. The minimum atomic E-state index is 0.157. The van der Waals surface area contributed by atoms with Crippen molar-refractivity contribution in [2.75, 3.05) is 28.2 Å². The number of hydrogen-bond donors (Lipinski definition) is 0. The molecular formula is C18H28N2O3. The maximum atomic E-state index is 12.1. The number of ketones is 2. The fourth-order valence-electron chi connectivity index (χ4n) is 6.10. The van der Waals surface area contributed by atoms with E-state index in [0.29, 0.717) is 48.3 Å². The van der Waals surface area contributed by atoms with Crippen molar-refractivity contribution >= 4 is 11.6 Å². The van der Waals surface area contributed by atoms with Crippen LogP contribution in [0.1, 0.15) is 25.7 Å². The van der Waals surface area contributed by atoms with E-state index in [9.17, 15) is 9.59 Å². The predicted octanol–water partition coefficient (Wildman–Crippen LogP) is 0.818. The molecule has 5 heteroatoms. The topological polar surface area (TPSA) is 49.9 Å². The molecule has 0 aromatic rings. The lowest BCUT2D eigenvalue weighted by atomic mass is 9.93. The molecule has 5 nitrogen and oxygen atoms in total. The van der Waals surface area contributed by atoms with Crippen molar-refractivity contribution in [3.63, 3.8) is 0 Å². The number of Topliss-reactive ketones (excluding diaryl/α,β-unsaturated/α-hetero) is 2. The quantitative estimate of drug-likeness (QED) is 0.767. The smallest absolute Gasteiger partial charge is 0.138 e. The predicted molar refractivity (Wildman–Crippen MR) is 86.1 cm³/mol. The Morgan fingerprint density at radius 3 is 1.48 bits per heavy atom. The van der Waals surface area contributed by atoms with E-state index in [0.717, 1.165) is 12.8 Å². The van der Waals surface area contributed by atoms with E-state index >= 15 is 0 Å². The van der Waals surface area contributed by atoms with Gasteiger partial charge >= 0.3 is 0 Å². The summed E-state index contributed by atoms with van der Waals surface area (Å²) in [6.07, 6.45) is 3.51. The number of hydrogen-bond acceptors (Lipinski definition) is 5. The van der Waals surface area contributed by atoms with Gasteiger partial charge < -0.3 is 14.5 Å². The Labute approximate surface area is 138 Å².